The fraction of sp³-hybridized carbons (Fsp3) is 0. The van der Waals surface area contributed by atoms with Gasteiger partial charge in [0.2, 0.25) is 0 Å². The molecule has 3 heteroatoms. The highest BCUT2D eigenvalue weighted by Gasteiger charge is 2.43. The minimum Gasteiger partial charge on any atom is -0.311 e. The van der Waals surface area contributed by atoms with Gasteiger partial charge in [0.25, 0.3) is 6.71 Å². The van der Waals surface area contributed by atoms with Gasteiger partial charge in [-0.2, -0.15) is 0 Å². The predicted octanol–water partition coefficient (Wildman–Crippen LogP) is 11.0. The van der Waals surface area contributed by atoms with Crippen LogP contribution in [0.15, 0.2) is 176 Å². The van der Waals surface area contributed by atoms with Crippen LogP contribution < -0.4 is 21.3 Å². The van der Waals surface area contributed by atoms with Crippen LogP contribution in [-0.2, 0) is 0 Å². The maximum Gasteiger partial charge on any atom is 0.252 e. The average molecular weight is 669 g/mol. The van der Waals surface area contributed by atoms with E-state index in [1.165, 1.54) is 116 Å². The van der Waals surface area contributed by atoms with Crippen molar-refractivity contribution in [1.82, 2.24) is 4.57 Å². The molecule has 9 aromatic carbocycles. The van der Waals surface area contributed by atoms with Crippen molar-refractivity contribution in [3.8, 4) is 39.1 Å². The van der Waals surface area contributed by atoms with E-state index >= 15 is 0 Å². The summed E-state index contributed by atoms with van der Waals surface area (Å²) in [5.41, 5.74) is 19.3. The van der Waals surface area contributed by atoms with Crippen LogP contribution in [-0.4, -0.2) is 11.3 Å². The summed E-state index contributed by atoms with van der Waals surface area (Å²) >= 11 is 0. The van der Waals surface area contributed by atoms with Gasteiger partial charge in [-0.25, -0.2) is 0 Å². The van der Waals surface area contributed by atoms with Crippen LogP contribution >= 0.6 is 0 Å². The first kappa shape index (κ1) is 27.8. The molecule has 13 rings (SSSR count). The first-order chi connectivity index (χ1) is 26.3. The third kappa shape index (κ3) is 3.50. The van der Waals surface area contributed by atoms with Crippen LogP contribution in [0.25, 0.3) is 82.4 Å². The van der Waals surface area contributed by atoms with E-state index in [1.807, 2.05) is 0 Å². The Morgan fingerprint density at radius 2 is 1.06 bits per heavy atom. The molecule has 0 bridgehead atoms. The maximum atomic E-state index is 2.63. The quantitative estimate of drug-likeness (QED) is 0.167. The lowest BCUT2D eigenvalue weighted by atomic mass is 9.33. The monoisotopic (exact) mass is 668 g/mol. The zero-order valence-electron chi connectivity index (χ0n) is 28.7. The van der Waals surface area contributed by atoms with Crippen molar-refractivity contribution in [1.29, 1.82) is 0 Å². The summed E-state index contributed by atoms with van der Waals surface area (Å²) in [6.45, 7) is 0.0702. The Hall–Kier alpha value is -6.84. The van der Waals surface area contributed by atoms with Crippen LogP contribution in [0.3, 0.4) is 0 Å². The molecule has 0 fully saturated rings. The van der Waals surface area contributed by atoms with Crippen LogP contribution in [0.1, 0.15) is 0 Å². The van der Waals surface area contributed by atoms with E-state index in [0.29, 0.717) is 0 Å². The van der Waals surface area contributed by atoms with Crippen molar-refractivity contribution in [3.63, 3.8) is 0 Å². The van der Waals surface area contributed by atoms with E-state index < -0.39 is 0 Å². The predicted molar refractivity (Wildman–Crippen MR) is 225 cm³/mol. The minimum atomic E-state index is 0.0702. The third-order valence-corrected chi connectivity index (χ3v) is 12.2. The van der Waals surface area contributed by atoms with E-state index in [2.05, 4.69) is 185 Å². The number of benzene rings is 9. The molecule has 242 valence electrons. The summed E-state index contributed by atoms with van der Waals surface area (Å²) in [7, 11) is 0. The number of nitrogens with zero attached hydrogens (tertiary/aromatic N) is 2. The normalized spacial score (nSPS) is 13.2. The van der Waals surface area contributed by atoms with Gasteiger partial charge >= 0.3 is 0 Å². The van der Waals surface area contributed by atoms with Gasteiger partial charge in [0.15, 0.2) is 0 Å². The van der Waals surface area contributed by atoms with Crippen molar-refractivity contribution in [2.24, 2.45) is 0 Å². The van der Waals surface area contributed by atoms with Crippen LogP contribution in [0.5, 0.6) is 0 Å². The summed E-state index contributed by atoms with van der Waals surface area (Å²) < 4.78 is 2.63. The number of para-hydroxylation sites is 2. The van der Waals surface area contributed by atoms with E-state index in [9.17, 15) is 0 Å². The maximum absolute atomic E-state index is 2.63. The fourth-order valence-corrected chi connectivity index (χ4v) is 10.2. The summed E-state index contributed by atoms with van der Waals surface area (Å²) in [6, 6.07) is 66.0. The van der Waals surface area contributed by atoms with E-state index in [-0.39, 0.29) is 6.71 Å². The third-order valence-electron chi connectivity index (χ3n) is 12.2. The zero-order valence-corrected chi connectivity index (χ0v) is 28.7. The van der Waals surface area contributed by atoms with Gasteiger partial charge in [-0.1, -0.05) is 133 Å². The average Bonchev–Trinajstić information content (AvgIpc) is 3.51. The number of anilines is 3. The molecule has 10 aromatic rings. The molecule has 53 heavy (non-hydrogen) atoms. The van der Waals surface area contributed by atoms with E-state index in [4.69, 9.17) is 0 Å². The van der Waals surface area contributed by atoms with Gasteiger partial charge in [-0.3, -0.25) is 0 Å². The van der Waals surface area contributed by atoms with Gasteiger partial charge < -0.3 is 9.47 Å². The van der Waals surface area contributed by atoms with Crippen molar-refractivity contribution in [2.45, 2.75) is 0 Å². The Bertz CT molecular complexity index is 3250. The molecule has 3 heterocycles. The van der Waals surface area contributed by atoms with Gasteiger partial charge in [-0.15, -0.1) is 0 Å². The standard InChI is InChI=1S/C50H29BN2/c1-2-15-35(16-3-1)52-42-22-9-8-21-40(42)51-41-27-33-14-10-19-38-36-17-6-7-18-37(36)39-20-11-23-43-47(39)48(46(33)38)50(41)53(43)45-29-34(28-44(52)49(45)51)32-25-24-30-12-4-5-13-31(30)26-32/h1-29H. The first-order valence-corrected chi connectivity index (χ1v) is 18.6. The number of fused-ring (bicyclic) bond motifs is 9. The molecule has 0 saturated heterocycles. The van der Waals surface area contributed by atoms with Crippen molar-refractivity contribution in [3.05, 3.63) is 176 Å². The molecule has 0 unspecified atom stereocenters. The lowest BCUT2D eigenvalue weighted by Gasteiger charge is -2.40. The van der Waals surface area contributed by atoms with Crippen LogP contribution in [0.2, 0.25) is 0 Å². The summed E-state index contributed by atoms with van der Waals surface area (Å²) in [6.07, 6.45) is 0. The van der Waals surface area contributed by atoms with Crippen LogP contribution in [0, 0.1) is 0 Å². The SMILES string of the molecule is c1ccc(N2c3ccccc3B3c4c2cc(-c2ccc5ccccc5c2)cc4-n2c4cccc5c4c4c6c(cccc6cc3c42)-c2ccccc2-5)cc1. The molecule has 0 spiro atoms. The van der Waals surface area contributed by atoms with Crippen molar-refractivity contribution in [2.75, 3.05) is 4.90 Å². The van der Waals surface area contributed by atoms with Gasteiger partial charge in [0.05, 0.1) is 11.0 Å². The van der Waals surface area contributed by atoms with E-state index in [1.54, 1.807) is 0 Å². The summed E-state index contributed by atoms with van der Waals surface area (Å²) in [5.74, 6) is 0. The Labute approximate surface area is 306 Å². The number of hydrogen-bond donors (Lipinski definition) is 0. The Morgan fingerprint density at radius 3 is 1.92 bits per heavy atom. The topological polar surface area (TPSA) is 8.17 Å². The molecule has 2 aliphatic heterocycles. The highest BCUT2D eigenvalue weighted by atomic mass is 15.2. The summed E-state index contributed by atoms with van der Waals surface area (Å²) in [4.78, 5) is 2.51. The molecule has 1 aromatic heterocycles. The second-order valence-corrected chi connectivity index (χ2v) is 14.8. The molecule has 0 radical (unpaired) electrons. The Balaban J connectivity index is 1.25. The smallest absolute Gasteiger partial charge is 0.252 e. The zero-order chi connectivity index (χ0) is 34.4. The first-order valence-electron chi connectivity index (χ1n) is 18.6. The number of hydrogen-bond acceptors (Lipinski definition) is 1. The molecule has 0 amide bonds. The van der Waals surface area contributed by atoms with Gasteiger partial charge in [0, 0.05) is 33.5 Å². The minimum absolute atomic E-state index is 0.0702. The highest BCUT2D eigenvalue weighted by Crippen LogP contribution is 2.51. The van der Waals surface area contributed by atoms with Crippen molar-refractivity contribution < 1.29 is 0 Å². The number of aromatic nitrogens is 1. The van der Waals surface area contributed by atoms with Crippen LogP contribution in [0.4, 0.5) is 17.1 Å². The lowest BCUT2D eigenvalue weighted by molar-refractivity contribution is 1.18. The van der Waals surface area contributed by atoms with Gasteiger partial charge in [-0.05, 0) is 114 Å². The molecule has 0 N–H and O–H groups in total. The molecule has 2 nitrogen and oxygen atoms in total. The molecular weight excluding hydrogens is 639 g/mol. The largest absolute Gasteiger partial charge is 0.311 e. The van der Waals surface area contributed by atoms with Crippen molar-refractivity contribution >= 4 is 83.5 Å². The lowest BCUT2D eigenvalue weighted by Crippen LogP contribution is -2.60. The molecular formula is C50H29BN2. The Morgan fingerprint density at radius 1 is 0.377 bits per heavy atom. The molecule has 1 aliphatic carbocycles. The fourth-order valence-electron chi connectivity index (χ4n) is 10.2. The molecule has 0 atom stereocenters. The second-order valence-electron chi connectivity index (χ2n) is 14.8. The molecule has 3 aliphatic rings. The summed E-state index contributed by atoms with van der Waals surface area (Å²) in [5, 5.41) is 7.90. The molecule has 0 saturated carbocycles. The van der Waals surface area contributed by atoms with Gasteiger partial charge in [0.1, 0.15) is 0 Å². The second kappa shape index (κ2) is 9.94. The Kier molecular flexibility index (Phi) is 5.22. The highest BCUT2D eigenvalue weighted by molar-refractivity contribution is 7.00. The number of rotatable bonds is 2. The van der Waals surface area contributed by atoms with E-state index in [0.717, 1.165) is 0 Å².